The number of carboxylic acid groups (broad SMARTS) is 1. The van der Waals surface area contributed by atoms with E-state index in [1.807, 2.05) is 0 Å². The number of piperidine rings is 1. The summed E-state index contributed by atoms with van der Waals surface area (Å²) in [5.74, 6) is -0.652. The van der Waals surface area contributed by atoms with Crippen molar-refractivity contribution in [1.29, 1.82) is 0 Å². The van der Waals surface area contributed by atoms with Crippen LogP contribution in [0, 0.1) is 10.8 Å². The Morgan fingerprint density at radius 1 is 1.44 bits per heavy atom. The van der Waals surface area contributed by atoms with Crippen LogP contribution in [0.2, 0.25) is 0 Å². The molecule has 3 rings (SSSR count). The van der Waals surface area contributed by atoms with Crippen LogP contribution in [0.4, 0.5) is 0 Å². The second-order valence-electron chi connectivity index (χ2n) is 7.23. The van der Waals surface area contributed by atoms with Gasteiger partial charge in [0.1, 0.15) is 5.75 Å². The summed E-state index contributed by atoms with van der Waals surface area (Å²) in [5, 5.41) is 15.6. The zero-order valence-corrected chi connectivity index (χ0v) is 15.3. The highest BCUT2D eigenvalue weighted by Crippen LogP contribution is 2.31. The molecule has 0 aliphatic carbocycles. The highest BCUT2D eigenvalue weighted by atomic mass is 16.5. The first-order valence-electron chi connectivity index (χ1n) is 9.22. The molecule has 27 heavy (non-hydrogen) atoms. The number of likely N-dealkylation sites (tertiary alicyclic amines) is 1. The molecule has 0 radical (unpaired) electrons. The van der Waals surface area contributed by atoms with Crippen molar-refractivity contribution < 1.29 is 14.6 Å². The lowest BCUT2D eigenvalue weighted by Gasteiger charge is -2.34. The van der Waals surface area contributed by atoms with Crippen LogP contribution >= 0.6 is 0 Å². The summed E-state index contributed by atoms with van der Waals surface area (Å²) in [6.45, 7) is 7.45. The Hall–Kier alpha value is -2.39. The molecule has 8 nitrogen and oxygen atoms in total. The number of hydrogen-bond donors (Lipinski definition) is 3. The molecule has 1 atom stereocenters. The topological polar surface area (TPSA) is 117 Å². The van der Waals surface area contributed by atoms with Gasteiger partial charge in [-0.25, -0.2) is 4.79 Å². The molecule has 0 bridgehead atoms. The summed E-state index contributed by atoms with van der Waals surface area (Å²) < 4.78 is 5.61. The van der Waals surface area contributed by atoms with Crippen molar-refractivity contribution in [2.24, 2.45) is 16.7 Å². The molecule has 4 N–H and O–H groups in total. The maximum atomic E-state index is 11.4. The molecular weight excluding hydrogens is 347 g/mol. The van der Waals surface area contributed by atoms with Gasteiger partial charge in [0.25, 0.3) is 0 Å². The van der Waals surface area contributed by atoms with Gasteiger partial charge in [-0.1, -0.05) is 23.8 Å². The van der Waals surface area contributed by atoms with Gasteiger partial charge in [-0.2, -0.15) is 4.91 Å². The number of para-hydroxylation sites is 1. The van der Waals surface area contributed by atoms with Gasteiger partial charge in [-0.15, -0.1) is 0 Å². The van der Waals surface area contributed by atoms with Crippen LogP contribution in [0.25, 0.3) is 0 Å². The van der Waals surface area contributed by atoms with Crippen molar-refractivity contribution in [3.05, 3.63) is 46.5 Å². The summed E-state index contributed by atoms with van der Waals surface area (Å²) in [7, 11) is -1.00. The molecular formula is C18H25BN4O4. The molecule has 1 unspecified atom stereocenters. The first-order chi connectivity index (χ1) is 13.0. The second kappa shape index (κ2) is 8.54. The molecule has 1 aromatic carbocycles. The molecule has 1 fully saturated rings. The number of hydrogen-bond acceptors (Lipinski definition) is 7. The normalized spacial score (nSPS) is 20.5. The van der Waals surface area contributed by atoms with Crippen LogP contribution in [0.3, 0.4) is 0 Å². The maximum absolute atomic E-state index is 11.4. The number of nitrogens with zero attached hydrogens (tertiary/aromatic N) is 2. The molecule has 1 saturated heterocycles. The van der Waals surface area contributed by atoms with E-state index in [0.29, 0.717) is 18.9 Å². The Kier molecular flexibility index (Phi) is 6.13. The summed E-state index contributed by atoms with van der Waals surface area (Å²) in [5.41, 5.74) is 7.31. The quantitative estimate of drug-likeness (QED) is 0.487. The molecule has 2 aliphatic heterocycles. The fraction of sp³-hybridized carbons (Fsp3) is 0.500. The van der Waals surface area contributed by atoms with E-state index in [-0.39, 0.29) is 17.3 Å². The third-order valence-electron chi connectivity index (χ3n) is 5.30. The maximum Gasteiger partial charge on any atom is 0.570 e. The van der Waals surface area contributed by atoms with E-state index in [1.54, 1.807) is 12.1 Å². The molecule has 2 heterocycles. The van der Waals surface area contributed by atoms with E-state index in [0.717, 1.165) is 43.7 Å². The average Bonchev–Trinajstić information content (AvgIpc) is 2.67. The van der Waals surface area contributed by atoms with Gasteiger partial charge in [-0.3, -0.25) is 4.90 Å². The molecule has 0 amide bonds. The summed E-state index contributed by atoms with van der Waals surface area (Å²) >= 11 is 0. The van der Waals surface area contributed by atoms with E-state index in [9.17, 15) is 14.8 Å². The number of nitrogens with two attached hydrogens (primary N) is 1. The molecule has 1 aromatic rings. The smallest absolute Gasteiger partial charge is 0.536 e. The van der Waals surface area contributed by atoms with E-state index in [1.165, 1.54) is 6.07 Å². The first kappa shape index (κ1) is 19.4. The van der Waals surface area contributed by atoms with Gasteiger partial charge < -0.3 is 20.8 Å². The summed E-state index contributed by atoms with van der Waals surface area (Å²) in [4.78, 5) is 25.0. The van der Waals surface area contributed by atoms with Crippen molar-refractivity contribution in [3.63, 3.8) is 0 Å². The Morgan fingerprint density at radius 2 is 2.19 bits per heavy atom. The monoisotopic (exact) mass is 372 g/mol. The van der Waals surface area contributed by atoms with Crippen LogP contribution in [-0.2, 0) is 6.42 Å². The van der Waals surface area contributed by atoms with Crippen LogP contribution in [-0.4, -0.2) is 55.1 Å². The zero-order valence-electron chi connectivity index (χ0n) is 15.3. The minimum Gasteiger partial charge on any atom is -0.536 e. The number of nitroso groups, excluding NO2 is 1. The first-order valence-corrected chi connectivity index (χ1v) is 9.22. The van der Waals surface area contributed by atoms with Crippen molar-refractivity contribution in [1.82, 2.24) is 10.2 Å². The van der Waals surface area contributed by atoms with Crippen molar-refractivity contribution >= 4 is 13.0 Å². The van der Waals surface area contributed by atoms with Crippen LogP contribution in [0.5, 0.6) is 5.75 Å². The lowest BCUT2D eigenvalue weighted by Crippen LogP contribution is -2.51. The van der Waals surface area contributed by atoms with E-state index < -0.39 is 13.0 Å². The Labute approximate surface area is 158 Å². The number of benzene rings is 1. The minimum absolute atomic E-state index is 0.0428. The standard InChI is InChI=1S/C18H25BN4O4/c1-12(11-23-7-5-13(10-20)6-8-23)21-16-9-14-3-2-4-15(18(24)25)17(14)27-19(16)22-26/h2-4,13,16,21H,1,5-11,20H2,(H,24,25). The van der Waals surface area contributed by atoms with Gasteiger partial charge in [0.15, 0.2) is 0 Å². The van der Waals surface area contributed by atoms with Crippen LogP contribution in [0.1, 0.15) is 28.8 Å². The SMILES string of the molecule is C=C(CN1CCC(CN)CC1)NC1Cc2cccc(C(=O)O)c2OB1N=O. The van der Waals surface area contributed by atoms with Crippen molar-refractivity contribution in [2.75, 3.05) is 26.2 Å². The van der Waals surface area contributed by atoms with Crippen molar-refractivity contribution in [2.45, 2.75) is 25.2 Å². The fourth-order valence-corrected chi connectivity index (χ4v) is 3.77. The predicted octanol–water partition coefficient (Wildman–Crippen LogP) is 1.26. The van der Waals surface area contributed by atoms with Gasteiger partial charge >= 0.3 is 13.0 Å². The molecule has 9 heteroatoms. The zero-order chi connectivity index (χ0) is 19.4. The van der Waals surface area contributed by atoms with E-state index >= 15 is 0 Å². The molecule has 0 saturated carbocycles. The Balaban J connectivity index is 1.63. The van der Waals surface area contributed by atoms with Crippen LogP contribution in [0.15, 0.2) is 35.6 Å². The van der Waals surface area contributed by atoms with Gasteiger partial charge in [0.2, 0.25) is 0 Å². The number of rotatable bonds is 7. The summed E-state index contributed by atoms with van der Waals surface area (Å²) in [6.07, 6.45) is 2.61. The number of aromatic carboxylic acids is 1. The molecule has 2 aliphatic rings. The summed E-state index contributed by atoms with van der Waals surface area (Å²) in [6, 6.07) is 4.94. The largest absolute Gasteiger partial charge is 0.570 e. The van der Waals surface area contributed by atoms with Crippen LogP contribution < -0.4 is 15.7 Å². The van der Waals surface area contributed by atoms with Gasteiger partial charge in [0.05, 0.1) is 11.5 Å². The number of fused-ring (bicyclic) bond motifs is 1. The lowest BCUT2D eigenvalue weighted by atomic mass is 9.68. The molecule has 144 valence electrons. The van der Waals surface area contributed by atoms with E-state index in [4.69, 9.17) is 10.4 Å². The highest BCUT2D eigenvalue weighted by Gasteiger charge is 2.39. The third kappa shape index (κ3) is 4.48. The highest BCUT2D eigenvalue weighted by molar-refractivity contribution is 6.53. The Bertz CT molecular complexity index is 721. The lowest BCUT2D eigenvalue weighted by molar-refractivity contribution is 0.0694. The Morgan fingerprint density at radius 3 is 2.81 bits per heavy atom. The second-order valence-corrected chi connectivity index (χ2v) is 7.23. The molecule has 0 spiro atoms. The minimum atomic E-state index is -1.09. The number of nitrogens with one attached hydrogen (secondary N) is 1. The fourth-order valence-electron chi connectivity index (χ4n) is 3.77. The molecule has 0 aromatic heterocycles. The predicted molar refractivity (Wildman–Crippen MR) is 104 cm³/mol. The number of carboxylic acids is 1. The van der Waals surface area contributed by atoms with E-state index in [2.05, 4.69) is 21.9 Å². The van der Waals surface area contributed by atoms with Gasteiger partial charge in [-0.05, 0) is 56.4 Å². The third-order valence-corrected chi connectivity index (χ3v) is 5.30. The average molecular weight is 372 g/mol. The number of carbonyl (C=O) groups is 1. The van der Waals surface area contributed by atoms with Crippen molar-refractivity contribution in [3.8, 4) is 5.75 Å². The van der Waals surface area contributed by atoms with Gasteiger partial charge in [0, 0.05) is 12.2 Å².